The Morgan fingerprint density at radius 3 is 2.45 bits per heavy atom. The number of thiazole rings is 1. The lowest BCUT2D eigenvalue weighted by molar-refractivity contribution is 0.639. The van der Waals surface area contributed by atoms with E-state index in [4.69, 9.17) is 11.5 Å². The van der Waals surface area contributed by atoms with Crippen LogP contribution in [-0.4, -0.2) is 4.98 Å². The summed E-state index contributed by atoms with van der Waals surface area (Å²) < 4.78 is 0. The predicted molar refractivity (Wildman–Crippen MR) is 49.5 cm³/mol. The second-order valence-electron chi connectivity index (χ2n) is 2.96. The van der Waals surface area contributed by atoms with Gasteiger partial charge in [-0.3, -0.25) is 0 Å². The second kappa shape index (κ2) is 3.09. The largest absolute Gasteiger partial charge is 0.389 e. The molecule has 4 N–H and O–H groups in total. The molecule has 1 aromatic heterocycles. The molecule has 0 atom stereocenters. The summed E-state index contributed by atoms with van der Waals surface area (Å²) in [5, 5.41) is 1.33. The van der Waals surface area contributed by atoms with Gasteiger partial charge in [0.05, 0.1) is 5.69 Å². The van der Waals surface area contributed by atoms with E-state index >= 15 is 0 Å². The molecule has 1 rings (SSSR count). The van der Waals surface area contributed by atoms with E-state index in [0.717, 1.165) is 17.1 Å². The van der Waals surface area contributed by atoms with Crippen molar-refractivity contribution in [3.8, 4) is 0 Å². The van der Waals surface area contributed by atoms with Crippen LogP contribution in [0.5, 0.6) is 0 Å². The van der Waals surface area contributed by atoms with E-state index in [0.29, 0.717) is 11.0 Å². The zero-order chi connectivity index (χ0) is 8.43. The standard InChI is InChI=1S/C7H13N3S/c1-4(2)3-5-6(8)11-7(9)10-5/h4H,3,8H2,1-2H3,(H2,9,10). The summed E-state index contributed by atoms with van der Waals surface area (Å²) in [6.45, 7) is 4.27. The number of nitrogens with two attached hydrogens (primary N) is 2. The summed E-state index contributed by atoms with van der Waals surface area (Å²) in [7, 11) is 0. The van der Waals surface area contributed by atoms with Crippen molar-refractivity contribution in [3.05, 3.63) is 5.69 Å². The van der Waals surface area contributed by atoms with E-state index in [-0.39, 0.29) is 0 Å². The first-order valence-electron chi connectivity index (χ1n) is 3.60. The zero-order valence-electron chi connectivity index (χ0n) is 6.79. The Bertz CT molecular complexity index is 242. The average molecular weight is 171 g/mol. The van der Waals surface area contributed by atoms with Gasteiger partial charge >= 0.3 is 0 Å². The summed E-state index contributed by atoms with van der Waals surface area (Å²) in [4.78, 5) is 4.12. The van der Waals surface area contributed by atoms with Crippen LogP contribution in [0.3, 0.4) is 0 Å². The highest BCUT2D eigenvalue weighted by molar-refractivity contribution is 7.19. The molecule has 0 spiro atoms. The molecule has 11 heavy (non-hydrogen) atoms. The van der Waals surface area contributed by atoms with E-state index in [2.05, 4.69) is 18.8 Å². The third kappa shape index (κ3) is 2.08. The number of rotatable bonds is 2. The highest BCUT2D eigenvalue weighted by Crippen LogP contribution is 2.24. The Balaban J connectivity index is 2.77. The van der Waals surface area contributed by atoms with E-state index in [1.807, 2.05) is 0 Å². The first-order valence-corrected chi connectivity index (χ1v) is 4.42. The zero-order valence-corrected chi connectivity index (χ0v) is 7.61. The van der Waals surface area contributed by atoms with E-state index in [9.17, 15) is 0 Å². The molecule has 0 aliphatic rings. The van der Waals surface area contributed by atoms with Crippen LogP contribution in [0.1, 0.15) is 19.5 Å². The summed E-state index contributed by atoms with van der Waals surface area (Å²) in [5.41, 5.74) is 12.1. The molecule has 1 heterocycles. The predicted octanol–water partition coefficient (Wildman–Crippen LogP) is 1.51. The molecule has 3 nitrogen and oxygen atoms in total. The first kappa shape index (κ1) is 8.33. The summed E-state index contributed by atoms with van der Waals surface area (Å²) in [5.74, 6) is 0.582. The smallest absolute Gasteiger partial charge is 0.182 e. The van der Waals surface area contributed by atoms with Gasteiger partial charge in [0.25, 0.3) is 0 Å². The van der Waals surface area contributed by atoms with Crippen LogP contribution in [0.2, 0.25) is 0 Å². The van der Waals surface area contributed by atoms with Gasteiger partial charge < -0.3 is 11.5 Å². The van der Waals surface area contributed by atoms with Crippen LogP contribution in [0, 0.1) is 5.92 Å². The van der Waals surface area contributed by atoms with Gasteiger partial charge in [0.1, 0.15) is 5.00 Å². The van der Waals surface area contributed by atoms with Crippen molar-refractivity contribution in [2.45, 2.75) is 20.3 Å². The molecule has 0 saturated heterocycles. The van der Waals surface area contributed by atoms with Gasteiger partial charge in [0.2, 0.25) is 0 Å². The van der Waals surface area contributed by atoms with Crippen molar-refractivity contribution in [1.82, 2.24) is 4.98 Å². The maximum absolute atomic E-state index is 5.67. The molecule has 0 aliphatic heterocycles. The molecule has 0 aromatic carbocycles. The van der Waals surface area contributed by atoms with Gasteiger partial charge in [-0.1, -0.05) is 25.2 Å². The van der Waals surface area contributed by atoms with Crippen LogP contribution < -0.4 is 11.5 Å². The maximum Gasteiger partial charge on any atom is 0.182 e. The minimum Gasteiger partial charge on any atom is -0.389 e. The van der Waals surface area contributed by atoms with Crippen molar-refractivity contribution < 1.29 is 0 Å². The van der Waals surface area contributed by atoms with Crippen LogP contribution in [0.4, 0.5) is 10.1 Å². The molecule has 0 bridgehead atoms. The fraction of sp³-hybridized carbons (Fsp3) is 0.571. The lowest BCUT2D eigenvalue weighted by Gasteiger charge is -2.00. The summed E-state index contributed by atoms with van der Waals surface area (Å²) in [6, 6.07) is 0. The molecule has 1 aromatic rings. The van der Waals surface area contributed by atoms with Crippen molar-refractivity contribution >= 4 is 21.5 Å². The quantitative estimate of drug-likeness (QED) is 0.708. The van der Waals surface area contributed by atoms with E-state index < -0.39 is 0 Å². The molecule has 0 unspecified atom stereocenters. The number of aromatic nitrogens is 1. The number of nitrogens with zero attached hydrogens (tertiary/aromatic N) is 1. The molecular weight excluding hydrogens is 158 g/mol. The average Bonchev–Trinajstić information content (AvgIpc) is 2.09. The minimum absolute atomic E-state index is 0.568. The van der Waals surface area contributed by atoms with Crippen LogP contribution in [0.25, 0.3) is 0 Å². The molecule has 0 radical (unpaired) electrons. The number of anilines is 2. The fourth-order valence-electron chi connectivity index (χ4n) is 0.915. The van der Waals surface area contributed by atoms with Crippen molar-refractivity contribution in [2.24, 2.45) is 5.92 Å². The summed E-state index contributed by atoms with van der Waals surface area (Å²) >= 11 is 1.36. The maximum atomic E-state index is 5.67. The third-order valence-electron chi connectivity index (χ3n) is 1.35. The third-order valence-corrected chi connectivity index (χ3v) is 2.10. The SMILES string of the molecule is CC(C)Cc1nc(N)sc1N. The van der Waals surface area contributed by atoms with Gasteiger partial charge in [0.15, 0.2) is 5.13 Å². The lowest BCUT2D eigenvalue weighted by Crippen LogP contribution is -1.97. The Morgan fingerprint density at radius 2 is 2.09 bits per heavy atom. The number of hydrogen-bond acceptors (Lipinski definition) is 4. The monoisotopic (exact) mass is 171 g/mol. The Hall–Kier alpha value is -0.770. The lowest BCUT2D eigenvalue weighted by atomic mass is 10.1. The van der Waals surface area contributed by atoms with Gasteiger partial charge in [-0.05, 0) is 12.3 Å². The van der Waals surface area contributed by atoms with Crippen molar-refractivity contribution in [3.63, 3.8) is 0 Å². The second-order valence-corrected chi connectivity index (χ2v) is 4.02. The fourth-order valence-corrected chi connectivity index (χ4v) is 1.54. The van der Waals surface area contributed by atoms with Crippen molar-refractivity contribution in [1.29, 1.82) is 0 Å². The molecule has 0 amide bonds. The normalized spacial score (nSPS) is 10.8. The minimum atomic E-state index is 0.568. The van der Waals surface area contributed by atoms with Crippen LogP contribution in [0.15, 0.2) is 0 Å². The molecular formula is C7H13N3S. The van der Waals surface area contributed by atoms with Gasteiger partial charge in [0, 0.05) is 0 Å². The van der Waals surface area contributed by atoms with E-state index in [1.54, 1.807) is 0 Å². The molecule has 62 valence electrons. The molecule has 4 heteroatoms. The Morgan fingerprint density at radius 1 is 1.45 bits per heavy atom. The van der Waals surface area contributed by atoms with Crippen LogP contribution in [-0.2, 0) is 6.42 Å². The van der Waals surface area contributed by atoms with Gasteiger partial charge in [-0.2, -0.15) is 0 Å². The number of nitrogen functional groups attached to an aromatic ring is 2. The molecule has 0 aliphatic carbocycles. The Kier molecular flexibility index (Phi) is 2.34. The molecule has 0 saturated carbocycles. The molecule has 0 fully saturated rings. The van der Waals surface area contributed by atoms with Crippen LogP contribution >= 0.6 is 11.3 Å². The van der Waals surface area contributed by atoms with Gasteiger partial charge in [-0.15, -0.1) is 0 Å². The van der Waals surface area contributed by atoms with Crippen molar-refractivity contribution in [2.75, 3.05) is 11.5 Å². The highest BCUT2D eigenvalue weighted by Gasteiger charge is 2.07. The van der Waals surface area contributed by atoms with E-state index in [1.165, 1.54) is 11.3 Å². The topological polar surface area (TPSA) is 64.9 Å². The Labute approximate surface area is 70.4 Å². The highest BCUT2D eigenvalue weighted by atomic mass is 32.1. The number of hydrogen-bond donors (Lipinski definition) is 2. The summed E-state index contributed by atoms with van der Waals surface area (Å²) in [6.07, 6.45) is 0.916. The van der Waals surface area contributed by atoms with Gasteiger partial charge in [-0.25, -0.2) is 4.98 Å². The first-order chi connectivity index (χ1) is 5.09.